The zero-order chi connectivity index (χ0) is 14.2. The minimum atomic E-state index is 0.0981. The van der Waals surface area contributed by atoms with E-state index in [1.165, 1.54) is 0 Å². The summed E-state index contributed by atoms with van der Waals surface area (Å²) in [6.45, 7) is 8.09. The molecule has 0 aliphatic carbocycles. The summed E-state index contributed by atoms with van der Waals surface area (Å²) >= 11 is 3.41. The van der Waals surface area contributed by atoms with Gasteiger partial charge in [-0.05, 0) is 42.9 Å². The molecule has 1 aromatic carbocycles. The maximum absolute atomic E-state index is 12.6. The van der Waals surface area contributed by atoms with Crippen LogP contribution in [0, 0.1) is 12.3 Å². The Bertz CT molecular complexity index is 501. The van der Waals surface area contributed by atoms with Crippen molar-refractivity contribution in [3.05, 3.63) is 27.7 Å². The molecule has 2 N–H and O–H groups in total. The fourth-order valence-electron chi connectivity index (χ4n) is 2.41. The van der Waals surface area contributed by atoms with Crippen LogP contribution in [0.4, 0.5) is 5.69 Å². The maximum atomic E-state index is 12.6. The van der Waals surface area contributed by atoms with Crippen molar-refractivity contribution < 1.29 is 4.79 Å². The van der Waals surface area contributed by atoms with Crippen LogP contribution in [-0.4, -0.2) is 23.9 Å². The summed E-state index contributed by atoms with van der Waals surface area (Å²) in [5.41, 5.74) is 8.53. The van der Waals surface area contributed by atoms with Gasteiger partial charge in [0, 0.05) is 28.8 Å². The van der Waals surface area contributed by atoms with Crippen LogP contribution in [0.3, 0.4) is 0 Å². The highest BCUT2D eigenvalue weighted by molar-refractivity contribution is 9.10. The Morgan fingerprint density at radius 2 is 1.89 bits per heavy atom. The summed E-state index contributed by atoms with van der Waals surface area (Å²) in [7, 11) is 0. The number of rotatable bonds is 1. The van der Waals surface area contributed by atoms with Gasteiger partial charge in [-0.15, -0.1) is 0 Å². The van der Waals surface area contributed by atoms with Crippen molar-refractivity contribution in [1.82, 2.24) is 4.90 Å². The lowest BCUT2D eigenvalue weighted by molar-refractivity contribution is 0.0629. The van der Waals surface area contributed by atoms with Crippen molar-refractivity contribution in [2.45, 2.75) is 33.6 Å². The molecule has 0 bridgehead atoms. The van der Waals surface area contributed by atoms with E-state index in [4.69, 9.17) is 5.73 Å². The van der Waals surface area contributed by atoms with Gasteiger partial charge >= 0.3 is 0 Å². The molecule has 104 valence electrons. The zero-order valence-electron chi connectivity index (χ0n) is 11.8. The third-order valence-corrected chi connectivity index (χ3v) is 4.51. The summed E-state index contributed by atoms with van der Waals surface area (Å²) < 4.78 is 0.858. The van der Waals surface area contributed by atoms with Crippen LogP contribution in [0.1, 0.15) is 42.6 Å². The number of nitrogens with zero attached hydrogens (tertiary/aromatic N) is 1. The van der Waals surface area contributed by atoms with E-state index in [1.807, 2.05) is 24.0 Å². The van der Waals surface area contributed by atoms with Crippen LogP contribution in [0.2, 0.25) is 0 Å². The number of carbonyl (C=O) groups excluding carboxylic acids is 1. The van der Waals surface area contributed by atoms with E-state index in [2.05, 4.69) is 29.8 Å². The smallest absolute Gasteiger partial charge is 0.254 e. The number of benzene rings is 1. The summed E-state index contributed by atoms with van der Waals surface area (Å²) in [5, 5.41) is 0. The molecule has 1 fully saturated rings. The molecule has 0 radical (unpaired) electrons. The van der Waals surface area contributed by atoms with Gasteiger partial charge in [-0.1, -0.05) is 29.8 Å². The third-order valence-electron chi connectivity index (χ3n) is 4.05. The molecule has 1 amide bonds. The number of amides is 1. The van der Waals surface area contributed by atoms with Gasteiger partial charge in [-0.25, -0.2) is 0 Å². The summed E-state index contributed by atoms with van der Waals surface area (Å²) in [6.07, 6.45) is 2.11. The number of carbonyl (C=O) groups is 1. The van der Waals surface area contributed by atoms with Gasteiger partial charge in [0.05, 0.1) is 0 Å². The molecule has 4 heteroatoms. The Morgan fingerprint density at radius 3 is 2.47 bits per heavy atom. The summed E-state index contributed by atoms with van der Waals surface area (Å²) in [6, 6.07) is 3.71. The number of nitrogen functional groups attached to an aromatic ring is 1. The van der Waals surface area contributed by atoms with Crippen molar-refractivity contribution in [3.8, 4) is 0 Å². The Morgan fingerprint density at radius 1 is 1.32 bits per heavy atom. The molecule has 1 aromatic rings. The van der Waals surface area contributed by atoms with Crippen LogP contribution in [0.25, 0.3) is 0 Å². The molecule has 1 heterocycles. The van der Waals surface area contributed by atoms with Crippen molar-refractivity contribution in [1.29, 1.82) is 0 Å². The number of halogens is 1. The van der Waals surface area contributed by atoms with Gasteiger partial charge in [0.1, 0.15) is 0 Å². The summed E-state index contributed by atoms with van der Waals surface area (Å²) in [5.74, 6) is 0.0981. The first-order valence-electron chi connectivity index (χ1n) is 6.65. The summed E-state index contributed by atoms with van der Waals surface area (Å²) in [4.78, 5) is 14.5. The lowest BCUT2D eigenvalue weighted by Gasteiger charge is -2.37. The van der Waals surface area contributed by atoms with Crippen molar-refractivity contribution >= 4 is 27.5 Å². The number of nitrogens with two attached hydrogens (primary N) is 1. The molecule has 0 saturated carbocycles. The Hall–Kier alpha value is -1.03. The van der Waals surface area contributed by atoms with E-state index in [1.54, 1.807) is 0 Å². The Balaban J connectivity index is 2.21. The van der Waals surface area contributed by atoms with Gasteiger partial charge in [-0.2, -0.15) is 0 Å². The topological polar surface area (TPSA) is 46.3 Å². The molecule has 19 heavy (non-hydrogen) atoms. The van der Waals surface area contributed by atoms with Crippen molar-refractivity contribution in [3.63, 3.8) is 0 Å². The minimum absolute atomic E-state index is 0.0981. The largest absolute Gasteiger partial charge is 0.398 e. The molecular formula is C15H21BrN2O. The van der Waals surface area contributed by atoms with Crippen LogP contribution in [0.15, 0.2) is 16.6 Å². The zero-order valence-corrected chi connectivity index (χ0v) is 13.4. The third kappa shape index (κ3) is 3.11. The van der Waals surface area contributed by atoms with E-state index in [0.717, 1.165) is 36.0 Å². The Labute approximate surface area is 123 Å². The van der Waals surface area contributed by atoms with Crippen LogP contribution in [0.5, 0.6) is 0 Å². The van der Waals surface area contributed by atoms with E-state index in [-0.39, 0.29) is 5.91 Å². The highest BCUT2D eigenvalue weighted by atomic mass is 79.9. The Kier molecular flexibility index (Phi) is 3.90. The first kappa shape index (κ1) is 14.4. The molecule has 1 saturated heterocycles. The molecule has 0 unspecified atom stereocenters. The molecule has 0 atom stereocenters. The normalized spacial score (nSPS) is 18.4. The standard InChI is InChI=1S/C15H21BrN2O/c1-10-12(8-11(16)9-13(10)17)14(19)18-6-4-15(2,3)5-7-18/h8-9H,4-7,17H2,1-3H3. The fraction of sp³-hybridized carbons (Fsp3) is 0.533. The van der Waals surface area contributed by atoms with Crippen LogP contribution < -0.4 is 5.73 Å². The monoisotopic (exact) mass is 324 g/mol. The second-order valence-electron chi connectivity index (χ2n) is 6.12. The van der Waals surface area contributed by atoms with Gasteiger partial charge in [0.2, 0.25) is 0 Å². The van der Waals surface area contributed by atoms with E-state index in [9.17, 15) is 4.79 Å². The lowest BCUT2D eigenvalue weighted by Crippen LogP contribution is -2.41. The number of likely N-dealkylation sites (tertiary alicyclic amines) is 1. The predicted molar refractivity (Wildman–Crippen MR) is 82.2 cm³/mol. The van der Waals surface area contributed by atoms with E-state index >= 15 is 0 Å². The fourth-order valence-corrected chi connectivity index (χ4v) is 2.88. The number of piperidine rings is 1. The number of hydrogen-bond donors (Lipinski definition) is 1. The molecule has 0 aromatic heterocycles. The maximum Gasteiger partial charge on any atom is 0.254 e. The van der Waals surface area contributed by atoms with Crippen LogP contribution >= 0.6 is 15.9 Å². The SMILES string of the molecule is Cc1c(N)cc(Br)cc1C(=O)N1CCC(C)(C)CC1. The first-order chi connectivity index (χ1) is 8.80. The van der Waals surface area contributed by atoms with E-state index in [0.29, 0.717) is 16.7 Å². The van der Waals surface area contributed by atoms with Gasteiger partial charge < -0.3 is 10.6 Å². The molecule has 2 rings (SSSR count). The van der Waals surface area contributed by atoms with Crippen molar-refractivity contribution in [2.24, 2.45) is 5.41 Å². The molecular weight excluding hydrogens is 304 g/mol. The van der Waals surface area contributed by atoms with E-state index < -0.39 is 0 Å². The average Bonchev–Trinajstić information content (AvgIpc) is 2.33. The average molecular weight is 325 g/mol. The van der Waals surface area contributed by atoms with Gasteiger partial charge in [0.25, 0.3) is 5.91 Å². The number of hydrogen-bond acceptors (Lipinski definition) is 2. The predicted octanol–water partition coefficient (Wildman–Crippen LogP) is 3.60. The molecule has 1 aliphatic heterocycles. The number of anilines is 1. The minimum Gasteiger partial charge on any atom is -0.398 e. The second kappa shape index (κ2) is 5.16. The van der Waals surface area contributed by atoms with Crippen molar-refractivity contribution in [2.75, 3.05) is 18.8 Å². The quantitative estimate of drug-likeness (QED) is 0.802. The highest BCUT2D eigenvalue weighted by Crippen LogP contribution is 2.31. The lowest BCUT2D eigenvalue weighted by atomic mass is 9.82. The molecule has 0 spiro atoms. The second-order valence-corrected chi connectivity index (χ2v) is 7.04. The molecule has 3 nitrogen and oxygen atoms in total. The molecule has 1 aliphatic rings. The highest BCUT2D eigenvalue weighted by Gasteiger charge is 2.29. The van der Waals surface area contributed by atoms with Gasteiger partial charge in [0.15, 0.2) is 0 Å². The van der Waals surface area contributed by atoms with Gasteiger partial charge in [-0.3, -0.25) is 4.79 Å². The first-order valence-corrected chi connectivity index (χ1v) is 7.44. The van der Waals surface area contributed by atoms with Crippen LogP contribution in [-0.2, 0) is 0 Å².